The number of hydrogen-bond acceptors (Lipinski definition) is 5. The molecule has 1 aliphatic heterocycles. The van der Waals surface area contributed by atoms with Crippen LogP contribution >= 0.6 is 27.7 Å². The normalized spacial score (nSPS) is 15.3. The zero-order chi connectivity index (χ0) is 19.4. The third kappa shape index (κ3) is 4.24. The van der Waals surface area contributed by atoms with Crippen molar-refractivity contribution in [3.63, 3.8) is 0 Å². The summed E-state index contributed by atoms with van der Waals surface area (Å²) in [5.41, 5.74) is 1.89. The molecule has 0 radical (unpaired) electrons. The van der Waals surface area contributed by atoms with Gasteiger partial charge in [-0.2, -0.15) is 5.26 Å². The summed E-state index contributed by atoms with van der Waals surface area (Å²) in [6.07, 6.45) is 1.68. The summed E-state index contributed by atoms with van der Waals surface area (Å²) in [4.78, 5) is 26.5. The van der Waals surface area contributed by atoms with Gasteiger partial charge in [-0.1, -0.05) is 24.3 Å². The largest absolute Gasteiger partial charge is 0.493 e. The van der Waals surface area contributed by atoms with Crippen molar-refractivity contribution < 1.29 is 14.3 Å². The van der Waals surface area contributed by atoms with Gasteiger partial charge < -0.3 is 4.74 Å². The Labute approximate surface area is 169 Å². The molecule has 0 spiro atoms. The minimum Gasteiger partial charge on any atom is -0.493 e. The molecule has 2 amide bonds. The number of halogens is 1. The van der Waals surface area contributed by atoms with E-state index in [4.69, 9.17) is 4.74 Å². The van der Waals surface area contributed by atoms with E-state index in [1.807, 2.05) is 25.1 Å². The van der Waals surface area contributed by atoms with Crippen LogP contribution in [0.2, 0.25) is 0 Å². The highest BCUT2D eigenvalue weighted by molar-refractivity contribution is 9.10. The van der Waals surface area contributed by atoms with Crippen LogP contribution in [-0.2, 0) is 11.3 Å². The lowest BCUT2D eigenvalue weighted by molar-refractivity contribution is -0.123. The number of thioether (sulfide) groups is 1. The molecule has 1 fully saturated rings. The van der Waals surface area contributed by atoms with Gasteiger partial charge >= 0.3 is 0 Å². The quantitative estimate of drug-likeness (QED) is 0.612. The van der Waals surface area contributed by atoms with Crippen LogP contribution in [-0.4, -0.2) is 22.7 Å². The number of benzene rings is 2. The van der Waals surface area contributed by atoms with E-state index < -0.39 is 0 Å². The van der Waals surface area contributed by atoms with E-state index in [0.29, 0.717) is 22.6 Å². The zero-order valence-electron chi connectivity index (χ0n) is 14.4. The van der Waals surface area contributed by atoms with Crippen molar-refractivity contribution in [2.24, 2.45) is 0 Å². The van der Waals surface area contributed by atoms with Crippen LogP contribution in [0.3, 0.4) is 0 Å². The molecule has 0 atom stereocenters. The molecular weight excluding hydrogens is 428 g/mol. The maximum absolute atomic E-state index is 12.7. The van der Waals surface area contributed by atoms with Crippen molar-refractivity contribution in [1.29, 1.82) is 5.26 Å². The summed E-state index contributed by atoms with van der Waals surface area (Å²) in [5, 5.41) is 8.84. The molecule has 0 aromatic heterocycles. The highest BCUT2D eigenvalue weighted by Crippen LogP contribution is 2.35. The van der Waals surface area contributed by atoms with Gasteiger partial charge in [-0.15, -0.1) is 0 Å². The Balaban J connectivity index is 1.82. The highest BCUT2D eigenvalue weighted by atomic mass is 79.9. The number of nitriles is 1. The van der Waals surface area contributed by atoms with Crippen molar-refractivity contribution in [3.05, 3.63) is 68.5 Å². The predicted molar refractivity (Wildman–Crippen MR) is 108 cm³/mol. The Kier molecular flexibility index (Phi) is 5.99. The predicted octanol–water partition coefficient (Wildman–Crippen LogP) is 4.96. The topological polar surface area (TPSA) is 70.4 Å². The lowest BCUT2D eigenvalue weighted by Gasteiger charge is -2.13. The summed E-state index contributed by atoms with van der Waals surface area (Å²) in [6.45, 7) is 2.54. The molecule has 1 saturated heterocycles. The number of nitrogens with zero attached hydrogens (tertiary/aromatic N) is 2. The average molecular weight is 443 g/mol. The molecule has 0 saturated carbocycles. The molecule has 0 bridgehead atoms. The Morgan fingerprint density at radius 2 is 2.04 bits per heavy atom. The van der Waals surface area contributed by atoms with Gasteiger partial charge in [0.2, 0.25) is 0 Å². The van der Waals surface area contributed by atoms with Gasteiger partial charge in [-0.3, -0.25) is 14.5 Å². The maximum atomic E-state index is 12.7. The molecule has 0 aliphatic carbocycles. The second-order valence-electron chi connectivity index (χ2n) is 5.66. The van der Waals surface area contributed by atoms with Crippen molar-refractivity contribution in [2.45, 2.75) is 13.5 Å². The zero-order valence-corrected chi connectivity index (χ0v) is 16.8. The summed E-state index contributed by atoms with van der Waals surface area (Å²) in [6, 6.07) is 14.5. The summed E-state index contributed by atoms with van der Waals surface area (Å²) < 4.78 is 6.25. The molecule has 5 nitrogen and oxygen atoms in total. The smallest absolute Gasteiger partial charge is 0.293 e. The van der Waals surface area contributed by atoms with Gasteiger partial charge in [0.1, 0.15) is 5.75 Å². The van der Waals surface area contributed by atoms with Crippen LogP contribution in [0.1, 0.15) is 23.6 Å². The van der Waals surface area contributed by atoms with Gasteiger partial charge in [0.05, 0.1) is 34.2 Å². The number of carbonyl (C=O) groups is 2. The Morgan fingerprint density at radius 3 is 2.74 bits per heavy atom. The van der Waals surface area contributed by atoms with E-state index >= 15 is 0 Å². The minimum absolute atomic E-state index is 0.0821. The molecule has 0 unspecified atom stereocenters. The summed E-state index contributed by atoms with van der Waals surface area (Å²) in [7, 11) is 0. The van der Waals surface area contributed by atoms with Crippen LogP contribution < -0.4 is 4.74 Å². The van der Waals surface area contributed by atoms with Crippen LogP contribution in [0, 0.1) is 11.3 Å². The van der Waals surface area contributed by atoms with Crippen molar-refractivity contribution in [3.8, 4) is 11.8 Å². The van der Waals surface area contributed by atoms with Gasteiger partial charge in [-0.25, -0.2) is 0 Å². The fourth-order valence-electron chi connectivity index (χ4n) is 2.60. The average Bonchev–Trinajstić information content (AvgIpc) is 2.92. The fraction of sp³-hybridized carbons (Fsp3) is 0.150. The monoisotopic (exact) mass is 442 g/mol. The fourth-order valence-corrected chi connectivity index (χ4v) is 3.95. The SMILES string of the molecule is CCOc1ccc(/C=C2/SC(=O)N(Cc3ccccc3C#N)C2=O)cc1Br. The first-order chi connectivity index (χ1) is 13.0. The second kappa shape index (κ2) is 8.42. The highest BCUT2D eigenvalue weighted by Gasteiger charge is 2.35. The molecule has 1 aliphatic rings. The molecular formula is C20H15BrN2O3S. The van der Waals surface area contributed by atoms with Crippen LogP contribution in [0.4, 0.5) is 4.79 Å². The lowest BCUT2D eigenvalue weighted by atomic mass is 10.1. The third-order valence-corrected chi connectivity index (χ3v) is 5.42. The first kappa shape index (κ1) is 19.2. The van der Waals surface area contributed by atoms with Crippen LogP contribution in [0.5, 0.6) is 5.75 Å². The molecule has 2 aromatic carbocycles. The summed E-state index contributed by atoms with van der Waals surface area (Å²) in [5.74, 6) is 0.360. The lowest BCUT2D eigenvalue weighted by Crippen LogP contribution is -2.27. The van der Waals surface area contributed by atoms with Crippen molar-refractivity contribution in [2.75, 3.05) is 6.61 Å². The molecule has 2 aromatic rings. The van der Waals surface area contributed by atoms with E-state index in [1.54, 1.807) is 30.3 Å². The van der Waals surface area contributed by atoms with E-state index in [9.17, 15) is 14.9 Å². The standard InChI is InChI=1S/C20H15BrN2O3S/c1-2-26-17-8-7-13(9-16(17)21)10-18-19(24)23(20(25)27-18)12-15-6-4-3-5-14(15)11-22/h3-10H,2,12H2,1H3/b18-10+. The first-order valence-corrected chi connectivity index (χ1v) is 9.80. The molecule has 7 heteroatoms. The van der Waals surface area contributed by atoms with E-state index in [-0.39, 0.29) is 17.7 Å². The molecule has 27 heavy (non-hydrogen) atoms. The van der Waals surface area contributed by atoms with Gasteiger partial charge in [-0.05, 0) is 70.0 Å². The third-order valence-electron chi connectivity index (χ3n) is 3.89. The van der Waals surface area contributed by atoms with Crippen LogP contribution in [0.25, 0.3) is 6.08 Å². The minimum atomic E-state index is -0.359. The van der Waals surface area contributed by atoms with Gasteiger partial charge in [0.15, 0.2) is 0 Å². The van der Waals surface area contributed by atoms with E-state index in [1.165, 1.54) is 0 Å². The Bertz CT molecular complexity index is 981. The molecule has 0 N–H and O–H groups in total. The van der Waals surface area contributed by atoms with Gasteiger partial charge in [0.25, 0.3) is 11.1 Å². The van der Waals surface area contributed by atoms with Crippen molar-refractivity contribution >= 4 is 44.9 Å². The Hall–Kier alpha value is -2.56. The first-order valence-electron chi connectivity index (χ1n) is 8.19. The molecule has 3 rings (SSSR count). The second-order valence-corrected chi connectivity index (χ2v) is 7.51. The van der Waals surface area contributed by atoms with Crippen molar-refractivity contribution in [1.82, 2.24) is 4.90 Å². The molecule has 136 valence electrons. The number of hydrogen-bond donors (Lipinski definition) is 0. The van der Waals surface area contributed by atoms with E-state index in [0.717, 1.165) is 32.4 Å². The number of rotatable bonds is 5. The number of ether oxygens (including phenoxy) is 1. The summed E-state index contributed by atoms with van der Waals surface area (Å²) >= 11 is 4.34. The van der Waals surface area contributed by atoms with Crippen LogP contribution in [0.15, 0.2) is 51.8 Å². The number of carbonyl (C=O) groups excluding carboxylic acids is 2. The Morgan fingerprint density at radius 1 is 1.26 bits per heavy atom. The number of imide groups is 1. The number of amides is 2. The maximum Gasteiger partial charge on any atom is 0.293 e. The van der Waals surface area contributed by atoms with Gasteiger partial charge in [0, 0.05) is 0 Å². The van der Waals surface area contributed by atoms with E-state index in [2.05, 4.69) is 22.0 Å². The molecule has 1 heterocycles.